The summed E-state index contributed by atoms with van der Waals surface area (Å²) in [4.78, 5) is 2.44. The Bertz CT molecular complexity index is 380. The van der Waals surface area contributed by atoms with Gasteiger partial charge in [-0.25, -0.2) is 0 Å². The van der Waals surface area contributed by atoms with Crippen LogP contribution < -0.4 is 0 Å². The third-order valence-corrected chi connectivity index (χ3v) is 3.54. The van der Waals surface area contributed by atoms with Gasteiger partial charge in [-0.3, -0.25) is 0 Å². The molecule has 1 saturated heterocycles. The van der Waals surface area contributed by atoms with Gasteiger partial charge in [-0.05, 0) is 30.9 Å². The molecule has 2 heteroatoms. The van der Waals surface area contributed by atoms with Crippen molar-refractivity contribution in [1.29, 1.82) is 5.26 Å². The van der Waals surface area contributed by atoms with E-state index in [9.17, 15) is 5.26 Å². The zero-order valence-corrected chi connectivity index (χ0v) is 10.5. The number of hydrogen-bond donors (Lipinski definition) is 0. The fourth-order valence-corrected chi connectivity index (χ4v) is 2.62. The molecule has 0 amide bonds. The topological polar surface area (TPSA) is 27.0 Å². The molecule has 0 radical (unpaired) electrons. The molecule has 0 N–H and O–H groups in total. The lowest BCUT2D eigenvalue weighted by Crippen LogP contribution is -2.36. The average molecular weight is 228 g/mol. The van der Waals surface area contributed by atoms with Crippen LogP contribution in [0.2, 0.25) is 0 Å². The van der Waals surface area contributed by atoms with Gasteiger partial charge in [0.1, 0.15) is 0 Å². The molecule has 1 aromatic carbocycles. The minimum absolute atomic E-state index is 0.0153. The van der Waals surface area contributed by atoms with Gasteiger partial charge in [0.15, 0.2) is 0 Å². The highest BCUT2D eigenvalue weighted by Gasteiger charge is 2.20. The molecule has 2 rings (SSSR count). The van der Waals surface area contributed by atoms with Gasteiger partial charge in [0.05, 0.1) is 12.0 Å². The Morgan fingerprint density at radius 1 is 1.41 bits per heavy atom. The third-order valence-electron chi connectivity index (χ3n) is 3.54. The zero-order chi connectivity index (χ0) is 12.1. The second kappa shape index (κ2) is 5.84. The van der Waals surface area contributed by atoms with Gasteiger partial charge < -0.3 is 4.90 Å². The Labute approximate surface area is 104 Å². The number of benzene rings is 1. The molecule has 1 fully saturated rings. The largest absolute Gasteiger partial charge is 0.301 e. The van der Waals surface area contributed by atoms with E-state index in [4.69, 9.17) is 0 Å². The van der Waals surface area contributed by atoms with Crippen molar-refractivity contribution in [3.63, 3.8) is 0 Å². The first kappa shape index (κ1) is 12.1. The van der Waals surface area contributed by atoms with Crippen LogP contribution in [0.4, 0.5) is 0 Å². The second-order valence-corrected chi connectivity index (χ2v) is 5.10. The first-order valence-electron chi connectivity index (χ1n) is 6.46. The first-order valence-corrected chi connectivity index (χ1v) is 6.46. The van der Waals surface area contributed by atoms with E-state index in [-0.39, 0.29) is 5.92 Å². The summed E-state index contributed by atoms with van der Waals surface area (Å²) in [5.74, 6) is 0.792. The van der Waals surface area contributed by atoms with Crippen molar-refractivity contribution in [2.45, 2.75) is 25.7 Å². The molecule has 0 saturated carbocycles. The standard InChI is InChI=1S/C15H20N2/c1-13-6-5-9-17(11-13)12-15(10-16)14-7-3-2-4-8-14/h2-4,7-8,13,15H,5-6,9,11-12H2,1H3. The normalized spacial score (nSPS) is 22.9. The summed E-state index contributed by atoms with van der Waals surface area (Å²) in [6, 6.07) is 12.6. The van der Waals surface area contributed by atoms with Crippen LogP contribution in [0.15, 0.2) is 30.3 Å². The van der Waals surface area contributed by atoms with Crippen LogP contribution in [0.1, 0.15) is 31.2 Å². The Hall–Kier alpha value is -1.33. The van der Waals surface area contributed by atoms with Gasteiger partial charge in [0.2, 0.25) is 0 Å². The van der Waals surface area contributed by atoms with Crippen LogP contribution in [-0.4, -0.2) is 24.5 Å². The maximum Gasteiger partial charge on any atom is 0.0839 e. The molecule has 0 aliphatic carbocycles. The number of nitrogens with zero attached hydrogens (tertiary/aromatic N) is 2. The summed E-state index contributed by atoms with van der Waals surface area (Å²) in [6.07, 6.45) is 2.60. The molecule has 17 heavy (non-hydrogen) atoms. The maximum absolute atomic E-state index is 9.30. The SMILES string of the molecule is CC1CCCN(CC(C#N)c2ccccc2)C1. The molecule has 2 nitrogen and oxygen atoms in total. The lowest BCUT2D eigenvalue weighted by molar-refractivity contribution is 0.181. The molecule has 2 atom stereocenters. The monoisotopic (exact) mass is 228 g/mol. The predicted molar refractivity (Wildman–Crippen MR) is 69.6 cm³/mol. The molecule has 0 aromatic heterocycles. The summed E-state index contributed by atoms with van der Waals surface area (Å²) < 4.78 is 0. The van der Waals surface area contributed by atoms with E-state index >= 15 is 0 Å². The van der Waals surface area contributed by atoms with Crippen molar-refractivity contribution in [1.82, 2.24) is 4.90 Å². The van der Waals surface area contributed by atoms with E-state index in [0.29, 0.717) is 0 Å². The van der Waals surface area contributed by atoms with Crippen molar-refractivity contribution < 1.29 is 0 Å². The molecule has 90 valence electrons. The molecule has 2 unspecified atom stereocenters. The van der Waals surface area contributed by atoms with E-state index in [1.807, 2.05) is 18.2 Å². The van der Waals surface area contributed by atoms with E-state index < -0.39 is 0 Å². The van der Waals surface area contributed by atoms with Crippen LogP contribution >= 0.6 is 0 Å². The first-order chi connectivity index (χ1) is 8.29. The van der Waals surface area contributed by atoms with Gasteiger partial charge in [-0.15, -0.1) is 0 Å². The van der Waals surface area contributed by atoms with E-state index in [1.54, 1.807) is 0 Å². The third kappa shape index (κ3) is 3.31. The van der Waals surface area contributed by atoms with Crippen LogP contribution in [0.25, 0.3) is 0 Å². The zero-order valence-electron chi connectivity index (χ0n) is 10.5. The summed E-state index contributed by atoms with van der Waals surface area (Å²) in [5, 5.41) is 9.30. The average Bonchev–Trinajstić information content (AvgIpc) is 2.37. The van der Waals surface area contributed by atoms with Gasteiger partial charge in [0, 0.05) is 13.1 Å². The second-order valence-electron chi connectivity index (χ2n) is 5.10. The van der Waals surface area contributed by atoms with Crippen LogP contribution in [0, 0.1) is 17.2 Å². The molecule has 0 bridgehead atoms. The molecular weight excluding hydrogens is 208 g/mol. The Morgan fingerprint density at radius 2 is 2.18 bits per heavy atom. The molecule has 1 aromatic rings. The van der Waals surface area contributed by atoms with Crippen molar-refractivity contribution in [3.8, 4) is 6.07 Å². The minimum Gasteiger partial charge on any atom is -0.301 e. The summed E-state index contributed by atoms with van der Waals surface area (Å²) in [7, 11) is 0. The van der Waals surface area contributed by atoms with Crippen LogP contribution in [-0.2, 0) is 0 Å². The summed E-state index contributed by atoms with van der Waals surface area (Å²) >= 11 is 0. The lowest BCUT2D eigenvalue weighted by Gasteiger charge is -2.32. The minimum atomic E-state index is 0.0153. The fourth-order valence-electron chi connectivity index (χ4n) is 2.62. The number of likely N-dealkylation sites (tertiary alicyclic amines) is 1. The highest BCUT2D eigenvalue weighted by molar-refractivity contribution is 5.25. The number of rotatable bonds is 3. The highest BCUT2D eigenvalue weighted by Crippen LogP contribution is 2.21. The smallest absolute Gasteiger partial charge is 0.0839 e. The van der Waals surface area contributed by atoms with E-state index in [2.05, 4.69) is 30.0 Å². The predicted octanol–water partition coefficient (Wildman–Crippen LogP) is 3.03. The van der Waals surface area contributed by atoms with Crippen molar-refractivity contribution in [2.75, 3.05) is 19.6 Å². The number of nitriles is 1. The van der Waals surface area contributed by atoms with Gasteiger partial charge in [-0.1, -0.05) is 37.3 Å². The quantitative estimate of drug-likeness (QED) is 0.795. The Balaban J connectivity index is 1.99. The number of hydrogen-bond acceptors (Lipinski definition) is 2. The van der Waals surface area contributed by atoms with Crippen molar-refractivity contribution >= 4 is 0 Å². The van der Waals surface area contributed by atoms with Crippen LogP contribution in [0.5, 0.6) is 0 Å². The molecule has 0 spiro atoms. The van der Waals surface area contributed by atoms with E-state index in [0.717, 1.165) is 31.1 Å². The van der Waals surface area contributed by atoms with Gasteiger partial charge in [-0.2, -0.15) is 5.26 Å². The molecule has 1 aliphatic heterocycles. The Morgan fingerprint density at radius 3 is 2.82 bits per heavy atom. The molecule has 1 heterocycles. The number of piperidine rings is 1. The maximum atomic E-state index is 9.30. The highest BCUT2D eigenvalue weighted by atomic mass is 15.1. The lowest BCUT2D eigenvalue weighted by atomic mass is 9.96. The fraction of sp³-hybridized carbons (Fsp3) is 0.533. The van der Waals surface area contributed by atoms with Crippen molar-refractivity contribution in [2.24, 2.45) is 5.92 Å². The summed E-state index contributed by atoms with van der Waals surface area (Å²) in [6.45, 7) is 5.47. The Kier molecular flexibility index (Phi) is 4.17. The molecular formula is C15H20N2. The van der Waals surface area contributed by atoms with E-state index in [1.165, 1.54) is 12.8 Å². The molecule has 1 aliphatic rings. The van der Waals surface area contributed by atoms with Gasteiger partial charge >= 0.3 is 0 Å². The summed E-state index contributed by atoms with van der Waals surface area (Å²) in [5.41, 5.74) is 1.15. The van der Waals surface area contributed by atoms with Crippen molar-refractivity contribution in [3.05, 3.63) is 35.9 Å². The van der Waals surface area contributed by atoms with Crippen LogP contribution in [0.3, 0.4) is 0 Å². The van der Waals surface area contributed by atoms with Gasteiger partial charge in [0.25, 0.3) is 0 Å².